The number of ether oxygens (including phenoxy) is 5. The monoisotopic (exact) mass is 346 g/mol. The van der Waals surface area contributed by atoms with E-state index in [1.807, 2.05) is 18.2 Å². The molecule has 1 unspecified atom stereocenters. The van der Waals surface area contributed by atoms with Crippen LogP contribution in [0, 0.1) is 0 Å². The lowest BCUT2D eigenvalue weighted by Gasteiger charge is -2.28. The number of rotatable bonds is 5. The molecule has 1 heterocycles. The van der Waals surface area contributed by atoms with Crippen molar-refractivity contribution in [2.45, 2.75) is 12.5 Å². The summed E-state index contributed by atoms with van der Waals surface area (Å²) in [5.74, 6) is 2.20. The van der Waals surface area contributed by atoms with E-state index in [1.54, 1.807) is 27.4 Å². The largest absolute Gasteiger partial charge is 0.504 e. The van der Waals surface area contributed by atoms with Crippen molar-refractivity contribution in [3.8, 4) is 28.7 Å². The highest BCUT2D eigenvalue weighted by atomic mass is 16.5. The van der Waals surface area contributed by atoms with E-state index in [1.165, 1.54) is 7.11 Å². The first-order valence-corrected chi connectivity index (χ1v) is 7.90. The first-order valence-electron chi connectivity index (χ1n) is 7.90. The van der Waals surface area contributed by atoms with E-state index in [-0.39, 0.29) is 11.7 Å². The fraction of sp³-hybridized carbons (Fsp3) is 0.368. The van der Waals surface area contributed by atoms with Gasteiger partial charge in [-0.1, -0.05) is 0 Å². The van der Waals surface area contributed by atoms with Gasteiger partial charge in [-0.2, -0.15) is 0 Å². The van der Waals surface area contributed by atoms with Crippen LogP contribution in [-0.4, -0.2) is 40.2 Å². The molecule has 3 rings (SSSR count). The molecule has 2 aromatic rings. The minimum atomic E-state index is -0.0609. The highest BCUT2D eigenvalue weighted by Crippen LogP contribution is 2.44. The quantitative estimate of drug-likeness (QED) is 0.897. The van der Waals surface area contributed by atoms with E-state index >= 15 is 0 Å². The second-order valence-electron chi connectivity index (χ2n) is 5.75. The predicted molar refractivity (Wildman–Crippen MR) is 92.3 cm³/mol. The molecule has 0 aromatic heterocycles. The molecule has 0 spiro atoms. The van der Waals surface area contributed by atoms with Crippen molar-refractivity contribution >= 4 is 0 Å². The standard InChI is InChI=1S/C19H22O6/c1-21-16-7-12-9-25-10-14(13(12)8-15(16)20)11-5-17(22-2)19(24-4)18(6-11)23-3/h5-8,14,20H,9-10H2,1-4H3. The van der Waals surface area contributed by atoms with E-state index in [0.717, 1.165) is 16.7 Å². The van der Waals surface area contributed by atoms with Gasteiger partial charge in [0.15, 0.2) is 23.0 Å². The molecule has 0 radical (unpaired) electrons. The molecule has 134 valence electrons. The van der Waals surface area contributed by atoms with Gasteiger partial charge in [0.25, 0.3) is 0 Å². The van der Waals surface area contributed by atoms with Gasteiger partial charge in [0.1, 0.15) is 0 Å². The molecule has 2 aromatic carbocycles. The number of methoxy groups -OCH3 is 4. The molecular formula is C19H22O6. The lowest BCUT2D eigenvalue weighted by molar-refractivity contribution is 0.0988. The second kappa shape index (κ2) is 7.11. The average Bonchev–Trinajstić information content (AvgIpc) is 2.65. The maximum absolute atomic E-state index is 10.2. The van der Waals surface area contributed by atoms with Gasteiger partial charge in [0.2, 0.25) is 5.75 Å². The summed E-state index contributed by atoms with van der Waals surface area (Å²) in [5, 5.41) is 10.2. The Bertz CT molecular complexity index is 746. The number of phenolic OH excluding ortho intramolecular Hbond substituents is 1. The van der Waals surface area contributed by atoms with Crippen LogP contribution in [0.5, 0.6) is 28.7 Å². The number of phenols is 1. The summed E-state index contributed by atoms with van der Waals surface area (Å²) in [5.41, 5.74) is 2.94. The Hall–Kier alpha value is -2.60. The second-order valence-corrected chi connectivity index (χ2v) is 5.75. The fourth-order valence-electron chi connectivity index (χ4n) is 3.19. The number of hydrogen-bond acceptors (Lipinski definition) is 6. The van der Waals surface area contributed by atoms with Crippen LogP contribution in [0.15, 0.2) is 24.3 Å². The Morgan fingerprint density at radius 1 is 0.880 bits per heavy atom. The van der Waals surface area contributed by atoms with Gasteiger partial charge in [-0.3, -0.25) is 0 Å². The van der Waals surface area contributed by atoms with Crippen LogP contribution in [0.3, 0.4) is 0 Å². The van der Waals surface area contributed by atoms with Gasteiger partial charge in [0.05, 0.1) is 41.7 Å². The van der Waals surface area contributed by atoms with Crippen LogP contribution in [0.2, 0.25) is 0 Å². The summed E-state index contributed by atoms with van der Waals surface area (Å²) >= 11 is 0. The molecule has 0 aliphatic carbocycles. The van der Waals surface area contributed by atoms with Gasteiger partial charge in [-0.05, 0) is 41.0 Å². The SMILES string of the molecule is COc1cc2c(cc1O)C(c1cc(OC)c(OC)c(OC)c1)COC2. The van der Waals surface area contributed by atoms with Crippen LogP contribution in [-0.2, 0) is 11.3 Å². The van der Waals surface area contributed by atoms with Crippen molar-refractivity contribution in [2.24, 2.45) is 0 Å². The van der Waals surface area contributed by atoms with Gasteiger partial charge in [0, 0.05) is 5.92 Å². The highest BCUT2D eigenvalue weighted by molar-refractivity contribution is 5.57. The lowest BCUT2D eigenvalue weighted by Crippen LogP contribution is -2.18. The molecule has 0 bridgehead atoms. The highest BCUT2D eigenvalue weighted by Gasteiger charge is 2.27. The molecular weight excluding hydrogens is 324 g/mol. The predicted octanol–water partition coefficient (Wildman–Crippen LogP) is 3.09. The molecule has 1 N–H and O–H groups in total. The first kappa shape index (κ1) is 17.2. The molecule has 1 aliphatic heterocycles. The van der Waals surface area contributed by atoms with E-state index in [0.29, 0.717) is 36.2 Å². The van der Waals surface area contributed by atoms with Gasteiger partial charge in [-0.15, -0.1) is 0 Å². The van der Waals surface area contributed by atoms with Crippen molar-refractivity contribution in [2.75, 3.05) is 35.0 Å². The summed E-state index contributed by atoms with van der Waals surface area (Å²) in [7, 11) is 6.28. The Morgan fingerprint density at radius 2 is 1.52 bits per heavy atom. The average molecular weight is 346 g/mol. The third kappa shape index (κ3) is 3.05. The van der Waals surface area contributed by atoms with Crippen LogP contribution in [0.1, 0.15) is 22.6 Å². The van der Waals surface area contributed by atoms with Crippen LogP contribution >= 0.6 is 0 Å². The summed E-state index contributed by atoms with van der Waals surface area (Å²) in [6.45, 7) is 0.976. The minimum absolute atomic E-state index is 0.0609. The molecule has 0 saturated heterocycles. The normalized spacial score (nSPS) is 16.1. The van der Waals surface area contributed by atoms with Crippen molar-refractivity contribution in [1.29, 1.82) is 0 Å². The molecule has 0 amide bonds. The van der Waals surface area contributed by atoms with Crippen LogP contribution in [0.4, 0.5) is 0 Å². The number of benzene rings is 2. The number of aromatic hydroxyl groups is 1. The smallest absolute Gasteiger partial charge is 0.203 e. The molecule has 6 heteroatoms. The van der Waals surface area contributed by atoms with Crippen molar-refractivity contribution in [3.05, 3.63) is 41.0 Å². The van der Waals surface area contributed by atoms with E-state index in [9.17, 15) is 5.11 Å². The Morgan fingerprint density at radius 3 is 2.08 bits per heavy atom. The van der Waals surface area contributed by atoms with E-state index in [2.05, 4.69) is 0 Å². The van der Waals surface area contributed by atoms with Gasteiger partial charge in [-0.25, -0.2) is 0 Å². The zero-order chi connectivity index (χ0) is 18.0. The molecule has 6 nitrogen and oxygen atoms in total. The maximum atomic E-state index is 10.2. The van der Waals surface area contributed by atoms with Crippen molar-refractivity contribution in [3.63, 3.8) is 0 Å². The molecule has 25 heavy (non-hydrogen) atoms. The lowest BCUT2D eigenvalue weighted by atomic mass is 9.86. The van der Waals surface area contributed by atoms with Crippen molar-refractivity contribution < 1.29 is 28.8 Å². The van der Waals surface area contributed by atoms with E-state index < -0.39 is 0 Å². The summed E-state index contributed by atoms with van der Waals surface area (Å²) in [6.07, 6.45) is 0. The Balaban J connectivity index is 2.11. The Labute approximate surface area is 146 Å². The molecule has 1 atom stereocenters. The summed E-state index contributed by atoms with van der Waals surface area (Å²) in [6, 6.07) is 7.37. The topological polar surface area (TPSA) is 66.4 Å². The zero-order valence-corrected chi connectivity index (χ0v) is 14.8. The summed E-state index contributed by atoms with van der Waals surface area (Å²) in [4.78, 5) is 0. The third-order valence-corrected chi connectivity index (χ3v) is 4.45. The maximum Gasteiger partial charge on any atom is 0.203 e. The van der Waals surface area contributed by atoms with Gasteiger partial charge >= 0.3 is 0 Å². The molecule has 1 aliphatic rings. The first-order chi connectivity index (χ1) is 12.1. The van der Waals surface area contributed by atoms with E-state index in [4.69, 9.17) is 23.7 Å². The van der Waals surface area contributed by atoms with Crippen LogP contribution in [0.25, 0.3) is 0 Å². The summed E-state index contributed by atoms with van der Waals surface area (Å²) < 4.78 is 27.2. The third-order valence-electron chi connectivity index (χ3n) is 4.45. The zero-order valence-electron chi connectivity index (χ0n) is 14.8. The molecule has 0 fully saturated rings. The van der Waals surface area contributed by atoms with Crippen LogP contribution < -0.4 is 18.9 Å². The number of fused-ring (bicyclic) bond motifs is 1. The number of hydrogen-bond donors (Lipinski definition) is 1. The Kier molecular flexibility index (Phi) is 4.90. The molecule has 0 saturated carbocycles. The minimum Gasteiger partial charge on any atom is -0.504 e. The fourth-order valence-corrected chi connectivity index (χ4v) is 3.19. The van der Waals surface area contributed by atoms with Gasteiger partial charge < -0.3 is 28.8 Å². The van der Waals surface area contributed by atoms with Crippen molar-refractivity contribution in [1.82, 2.24) is 0 Å².